The van der Waals surface area contributed by atoms with Gasteiger partial charge in [0.2, 0.25) is 5.91 Å². The van der Waals surface area contributed by atoms with Gasteiger partial charge < -0.3 is 20.1 Å². The predicted molar refractivity (Wildman–Crippen MR) is 132 cm³/mol. The number of hydrogen-bond acceptors (Lipinski definition) is 4. The van der Waals surface area contributed by atoms with E-state index in [1.807, 2.05) is 42.5 Å². The number of amides is 1. The number of anilines is 2. The number of ether oxygens (including phenoxy) is 1. The minimum Gasteiger partial charge on any atom is -0.497 e. The van der Waals surface area contributed by atoms with Gasteiger partial charge in [0.15, 0.2) is 0 Å². The number of carbonyl (C=O) groups excluding carboxylic acids is 1. The van der Waals surface area contributed by atoms with Crippen molar-refractivity contribution in [3.05, 3.63) is 53.6 Å². The van der Waals surface area contributed by atoms with Gasteiger partial charge in [0.1, 0.15) is 5.75 Å². The highest BCUT2D eigenvalue weighted by molar-refractivity contribution is 5.96. The maximum absolute atomic E-state index is 13.0. The lowest BCUT2D eigenvalue weighted by Crippen LogP contribution is -2.32. The minimum absolute atomic E-state index is 0.0115. The molecule has 1 aliphatic carbocycles. The van der Waals surface area contributed by atoms with Crippen LogP contribution in [0.25, 0.3) is 0 Å². The summed E-state index contributed by atoms with van der Waals surface area (Å²) in [6, 6.07) is 13.5. The third kappa shape index (κ3) is 6.73. The fraction of sp³-hybridized carbons (Fsp3) is 0.481. The van der Waals surface area contributed by atoms with Crippen LogP contribution in [0.4, 0.5) is 11.4 Å². The van der Waals surface area contributed by atoms with Crippen LogP contribution in [0, 0.1) is 17.8 Å². The summed E-state index contributed by atoms with van der Waals surface area (Å²) >= 11 is 0. The Labute approximate surface area is 196 Å². The van der Waals surface area contributed by atoms with Crippen LogP contribution in [0.3, 0.4) is 0 Å². The second-order valence-corrected chi connectivity index (χ2v) is 9.83. The van der Waals surface area contributed by atoms with Crippen LogP contribution in [0.1, 0.15) is 51.2 Å². The van der Waals surface area contributed by atoms with Crippen molar-refractivity contribution >= 4 is 23.3 Å². The van der Waals surface area contributed by atoms with Crippen molar-refractivity contribution in [2.45, 2.75) is 46.5 Å². The first-order valence-electron chi connectivity index (χ1n) is 11.7. The summed E-state index contributed by atoms with van der Waals surface area (Å²) in [5.74, 6) is 0.508. The summed E-state index contributed by atoms with van der Waals surface area (Å²) < 4.78 is 5.19. The number of hydrogen-bond donors (Lipinski definition) is 2. The number of rotatable bonds is 11. The molecule has 2 aromatic carbocycles. The second-order valence-electron chi connectivity index (χ2n) is 9.83. The quantitative estimate of drug-likeness (QED) is 0.491. The molecule has 178 valence electrons. The van der Waals surface area contributed by atoms with E-state index in [0.717, 1.165) is 41.3 Å². The largest absolute Gasteiger partial charge is 0.497 e. The summed E-state index contributed by atoms with van der Waals surface area (Å²) in [7, 11) is 1.62. The SMILES string of the molecule is COc1ccc(CC(=O)Nc2cc(C3CC3C(=O)O)ccc2N(CC(C)C)CC(C)C)cc1. The maximum atomic E-state index is 13.0. The molecule has 1 aliphatic rings. The van der Waals surface area contributed by atoms with E-state index >= 15 is 0 Å². The number of carbonyl (C=O) groups is 2. The molecule has 2 unspecified atom stereocenters. The summed E-state index contributed by atoms with van der Waals surface area (Å²) in [4.78, 5) is 26.7. The number of nitrogens with one attached hydrogen (secondary N) is 1. The third-order valence-electron chi connectivity index (χ3n) is 5.87. The van der Waals surface area contributed by atoms with E-state index in [2.05, 4.69) is 37.9 Å². The lowest BCUT2D eigenvalue weighted by molar-refractivity contribution is -0.138. The first-order chi connectivity index (χ1) is 15.7. The number of nitrogens with zero attached hydrogens (tertiary/aromatic N) is 1. The second kappa shape index (κ2) is 10.7. The molecule has 0 saturated heterocycles. The van der Waals surface area contributed by atoms with Gasteiger partial charge >= 0.3 is 5.97 Å². The van der Waals surface area contributed by atoms with E-state index in [1.165, 1.54) is 0 Å². The van der Waals surface area contributed by atoms with Crippen LogP contribution in [0.2, 0.25) is 0 Å². The molecule has 33 heavy (non-hydrogen) atoms. The summed E-state index contributed by atoms with van der Waals surface area (Å²) in [5, 5.41) is 12.5. The van der Waals surface area contributed by atoms with Crippen molar-refractivity contribution in [1.82, 2.24) is 0 Å². The highest BCUT2D eigenvalue weighted by atomic mass is 16.5. The van der Waals surface area contributed by atoms with Crippen LogP contribution in [-0.4, -0.2) is 37.2 Å². The molecule has 0 aromatic heterocycles. The van der Waals surface area contributed by atoms with Gasteiger partial charge in [-0.25, -0.2) is 0 Å². The van der Waals surface area contributed by atoms with Crippen molar-refractivity contribution in [1.29, 1.82) is 0 Å². The molecule has 0 radical (unpaired) electrons. The Morgan fingerprint density at radius 2 is 1.70 bits per heavy atom. The topological polar surface area (TPSA) is 78.9 Å². The molecular weight excluding hydrogens is 416 g/mol. The number of methoxy groups -OCH3 is 1. The van der Waals surface area contributed by atoms with Crippen molar-refractivity contribution in [2.24, 2.45) is 17.8 Å². The molecule has 0 heterocycles. The van der Waals surface area contributed by atoms with E-state index in [1.54, 1.807) is 7.11 Å². The Hall–Kier alpha value is -3.02. The Morgan fingerprint density at radius 1 is 1.06 bits per heavy atom. The van der Waals surface area contributed by atoms with E-state index in [-0.39, 0.29) is 24.2 Å². The zero-order chi connectivity index (χ0) is 24.1. The van der Waals surface area contributed by atoms with Gasteiger partial charge in [0, 0.05) is 13.1 Å². The molecule has 6 nitrogen and oxygen atoms in total. The Bertz CT molecular complexity index is 959. The summed E-state index contributed by atoms with van der Waals surface area (Å²) in [6.07, 6.45) is 0.902. The molecule has 1 saturated carbocycles. The normalized spacial score (nSPS) is 17.2. The van der Waals surface area contributed by atoms with Crippen molar-refractivity contribution in [3.63, 3.8) is 0 Å². The van der Waals surface area contributed by atoms with E-state index in [4.69, 9.17) is 4.74 Å². The molecule has 6 heteroatoms. The first kappa shape index (κ1) is 24.6. The molecule has 1 amide bonds. The maximum Gasteiger partial charge on any atom is 0.307 e. The van der Waals surface area contributed by atoms with Crippen LogP contribution in [-0.2, 0) is 16.0 Å². The number of carboxylic acids is 1. The first-order valence-corrected chi connectivity index (χ1v) is 11.7. The zero-order valence-corrected chi connectivity index (χ0v) is 20.3. The molecule has 2 N–H and O–H groups in total. The van der Waals surface area contributed by atoms with Crippen LogP contribution >= 0.6 is 0 Å². The fourth-order valence-electron chi connectivity index (χ4n) is 4.27. The van der Waals surface area contributed by atoms with Crippen molar-refractivity contribution in [3.8, 4) is 5.75 Å². The predicted octanol–water partition coefficient (Wildman–Crippen LogP) is 5.18. The Morgan fingerprint density at radius 3 is 2.21 bits per heavy atom. The van der Waals surface area contributed by atoms with Crippen LogP contribution in [0.15, 0.2) is 42.5 Å². The summed E-state index contributed by atoms with van der Waals surface area (Å²) in [5.41, 5.74) is 3.61. The Balaban J connectivity index is 1.87. The van der Waals surface area contributed by atoms with Crippen LogP contribution < -0.4 is 15.0 Å². The van der Waals surface area contributed by atoms with E-state index in [9.17, 15) is 14.7 Å². The van der Waals surface area contributed by atoms with Gasteiger partial charge in [-0.2, -0.15) is 0 Å². The van der Waals surface area contributed by atoms with Gasteiger partial charge in [0.25, 0.3) is 0 Å². The fourth-order valence-corrected chi connectivity index (χ4v) is 4.27. The lowest BCUT2D eigenvalue weighted by atomic mass is 10.0. The van der Waals surface area contributed by atoms with Crippen LogP contribution in [0.5, 0.6) is 5.75 Å². The minimum atomic E-state index is -0.754. The van der Waals surface area contributed by atoms with Gasteiger partial charge in [-0.1, -0.05) is 45.9 Å². The number of carboxylic acid groups (broad SMARTS) is 1. The Kier molecular flexibility index (Phi) is 8.01. The van der Waals surface area contributed by atoms with E-state index < -0.39 is 5.97 Å². The van der Waals surface area contributed by atoms with Gasteiger partial charge in [-0.15, -0.1) is 0 Å². The molecule has 0 aliphatic heterocycles. The van der Waals surface area contributed by atoms with E-state index in [0.29, 0.717) is 18.3 Å². The zero-order valence-electron chi connectivity index (χ0n) is 20.3. The average molecular weight is 453 g/mol. The van der Waals surface area contributed by atoms with Crippen molar-refractivity contribution in [2.75, 3.05) is 30.4 Å². The van der Waals surface area contributed by atoms with Gasteiger partial charge in [0.05, 0.1) is 30.8 Å². The van der Waals surface area contributed by atoms with Gasteiger partial charge in [-0.05, 0) is 59.6 Å². The van der Waals surface area contributed by atoms with Crippen molar-refractivity contribution < 1.29 is 19.4 Å². The monoisotopic (exact) mass is 452 g/mol. The molecule has 0 spiro atoms. The highest BCUT2D eigenvalue weighted by Gasteiger charge is 2.44. The average Bonchev–Trinajstić information content (AvgIpc) is 3.54. The number of aliphatic carboxylic acids is 1. The third-order valence-corrected chi connectivity index (χ3v) is 5.87. The smallest absolute Gasteiger partial charge is 0.307 e. The standard InChI is InChI=1S/C27H36N2O4/c1-17(2)15-29(16-18(3)4)25-11-8-20(22-14-23(22)27(31)32)13-24(25)28-26(30)12-19-6-9-21(33-5)10-7-19/h6-11,13,17-18,22-23H,12,14-16H2,1-5H3,(H,28,30)(H,31,32). The molecule has 2 atom stereocenters. The van der Waals surface area contributed by atoms with Gasteiger partial charge in [-0.3, -0.25) is 9.59 Å². The molecule has 2 aromatic rings. The molecular formula is C27H36N2O4. The summed E-state index contributed by atoms with van der Waals surface area (Å²) in [6.45, 7) is 10.5. The molecule has 3 rings (SSSR count). The lowest BCUT2D eigenvalue weighted by Gasteiger charge is -2.31. The highest BCUT2D eigenvalue weighted by Crippen LogP contribution is 2.49. The number of benzene rings is 2. The molecule has 0 bridgehead atoms. The molecule has 1 fully saturated rings.